The molecule has 3 N–H and O–H groups in total. The van der Waals surface area contributed by atoms with E-state index in [9.17, 15) is 9.59 Å². The van der Waals surface area contributed by atoms with Crippen molar-refractivity contribution in [3.8, 4) is 10.6 Å². The molecule has 7 heteroatoms. The van der Waals surface area contributed by atoms with Gasteiger partial charge in [-0.3, -0.25) is 9.59 Å². The number of aromatic nitrogens is 1. The lowest BCUT2D eigenvalue weighted by atomic mass is 10.1. The molecule has 0 saturated carbocycles. The number of nitrogens with zero attached hydrogens (tertiary/aromatic N) is 1. The predicted octanol–water partition coefficient (Wildman–Crippen LogP) is 3.22. The minimum Gasteiger partial charge on any atom is -0.366 e. The zero-order valence-electron chi connectivity index (χ0n) is 11.3. The number of primary amides is 1. The third-order valence-electron chi connectivity index (χ3n) is 2.95. The van der Waals surface area contributed by atoms with Gasteiger partial charge in [0.05, 0.1) is 11.3 Å². The van der Waals surface area contributed by atoms with Crippen molar-refractivity contribution >= 4 is 40.2 Å². The summed E-state index contributed by atoms with van der Waals surface area (Å²) in [5, 5.41) is 9.08. The van der Waals surface area contributed by atoms with Crippen LogP contribution in [0.15, 0.2) is 46.5 Å². The predicted molar refractivity (Wildman–Crippen MR) is 88.3 cm³/mol. The highest BCUT2D eigenvalue weighted by Crippen LogP contribution is 2.26. The van der Waals surface area contributed by atoms with Gasteiger partial charge in [0.15, 0.2) is 0 Å². The maximum atomic E-state index is 12.3. The number of nitrogens with one attached hydrogen (secondary N) is 1. The van der Waals surface area contributed by atoms with Crippen molar-refractivity contribution in [2.45, 2.75) is 0 Å². The molecule has 0 radical (unpaired) electrons. The first-order valence-corrected chi connectivity index (χ1v) is 8.15. The molecule has 0 aliphatic heterocycles. The van der Waals surface area contributed by atoms with Crippen molar-refractivity contribution in [1.29, 1.82) is 0 Å². The highest BCUT2D eigenvalue weighted by molar-refractivity contribution is 7.14. The molecular formula is C15H11N3O2S2. The number of carbonyl (C=O) groups excluding carboxylic acids is 2. The first-order valence-electron chi connectivity index (χ1n) is 6.33. The lowest BCUT2D eigenvalue weighted by molar-refractivity contribution is 0.100. The summed E-state index contributed by atoms with van der Waals surface area (Å²) in [6.45, 7) is 0. The van der Waals surface area contributed by atoms with E-state index in [2.05, 4.69) is 10.3 Å². The molecule has 0 unspecified atom stereocenters. The SMILES string of the molecule is NC(=O)c1ccccc1NC(=O)c1csc(-c2ccsc2)n1. The smallest absolute Gasteiger partial charge is 0.275 e. The molecule has 5 nitrogen and oxygen atoms in total. The van der Waals surface area contributed by atoms with Crippen LogP contribution in [0.3, 0.4) is 0 Å². The van der Waals surface area contributed by atoms with Crippen LogP contribution in [0.5, 0.6) is 0 Å². The summed E-state index contributed by atoms with van der Waals surface area (Å²) in [7, 11) is 0. The minimum atomic E-state index is -0.590. The average Bonchev–Trinajstić information content (AvgIpc) is 3.18. The summed E-state index contributed by atoms with van der Waals surface area (Å²) in [6, 6.07) is 8.56. The Kier molecular flexibility index (Phi) is 3.99. The van der Waals surface area contributed by atoms with Crippen LogP contribution in [0.25, 0.3) is 10.6 Å². The fourth-order valence-electron chi connectivity index (χ4n) is 1.89. The van der Waals surface area contributed by atoms with Crippen LogP contribution < -0.4 is 11.1 Å². The van der Waals surface area contributed by atoms with Crippen molar-refractivity contribution in [2.75, 3.05) is 5.32 Å². The van der Waals surface area contributed by atoms with Crippen molar-refractivity contribution in [3.63, 3.8) is 0 Å². The van der Waals surface area contributed by atoms with E-state index >= 15 is 0 Å². The number of hydrogen-bond donors (Lipinski definition) is 2. The molecule has 0 atom stereocenters. The largest absolute Gasteiger partial charge is 0.366 e. The van der Waals surface area contributed by atoms with Crippen LogP contribution in [0.4, 0.5) is 5.69 Å². The zero-order chi connectivity index (χ0) is 15.5. The van der Waals surface area contributed by atoms with E-state index < -0.39 is 5.91 Å². The van der Waals surface area contributed by atoms with Gasteiger partial charge in [0.2, 0.25) is 0 Å². The number of para-hydroxylation sites is 1. The van der Waals surface area contributed by atoms with E-state index in [4.69, 9.17) is 5.73 Å². The third-order valence-corrected chi connectivity index (χ3v) is 4.52. The molecule has 2 amide bonds. The highest BCUT2D eigenvalue weighted by atomic mass is 32.1. The normalized spacial score (nSPS) is 10.4. The number of hydrogen-bond acceptors (Lipinski definition) is 5. The van der Waals surface area contributed by atoms with E-state index in [-0.39, 0.29) is 11.5 Å². The van der Waals surface area contributed by atoms with Gasteiger partial charge in [-0.25, -0.2) is 4.98 Å². The van der Waals surface area contributed by atoms with Crippen LogP contribution in [-0.2, 0) is 0 Å². The first kappa shape index (κ1) is 14.4. The topological polar surface area (TPSA) is 85.1 Å². The molecule has 0 aliphatic carbocycles. The molecule has 3 rings (SSSR count). The van der Waals surface area contributed by atoms with E-state index in [0.717, 1.165) is 10.6 Å². The van der Waals surface area contributed by atoms with Gasteiger partial charge in [0.1, 0.15) is 10.7 Å². The Balaban J connectivity index is 1.82. The highest BCUT2D eigenvalue weighted by Gasteiger charge is 2.15. The minimum absolute atomic E-state index is 0.268. The quantitative estimate of drug-likeness (QED) is 0.770. The number of anilines is 1. The number of thiophene rings is 1. The molecule has 0 bridgehead atoms. The van der Waals surface area contributed by atoms with Crippen LogP contribution in [-0.4, -0.2) is 16.8 Å². The summed E-state index contributed by atoms with van der Waals surface area (Å²) in [5.41, 5.74) is 7.24. The molecule has 0 fully saturated rings. The summed E-state index contributed by atoms with van der Waals surface area (Å²) < 4.78 is 0. The molecule has 110 valence electrons. The fraction of sp³-hybridized carbons (Fsp3) is 0. The van der Waals surface area contributed by atoms with E-state index in [0.29, 0.717) is 11.4 Å². The third kappa shape index (κ3) is 2.90. The maximum Gasteiger partial charge on any atom is 0.275 e. The molecule has 2 heterocycles. The number of amides is 2. The Morgan fingerprint density at radius 1 is 1.14 bits per heavy atom. The van der Waals surface area contributed by atoms with Gasteiger partial charge in [-0.1, -0.05) is 12.1 Å². The Labute approximate surface area is 134 Å². The van der Waals surface area contributed by atoms with Crippen molar-refractivity contribution in [1.82, 2.24) is 4.98 Å². The average molecular weight is 329 g/mol. The van der Waals surface area contributed by atoms with Crippen molar-refractivity contribution in [2.24, 2.45) is 5.73 Å². The Morgan fingerprint density at radius 3 is 2.68 bits per heavy atom. The van der Waals surface area contributed by atoms with Crippen LogP contribution >= 0.6 is 22.7 Å². The molecule has 1 aromatic carbocycles. The second kappa shape index (κ2) is 6.08. The number of carbonyl (C=O) groups is 2. The first-order chi connectivity index (χ1) is 10.6. The Bertz CT molecular complexity index is 825. The Morgan fingerprint density at radius 2 is 1.95 bits per heavy atom. The van der Waals surface area contributed by atoms with Gasteiger partial charge in [0, 0.05) is 16.3 Å². The van der Waals surface area contributed by atoms with Gasteiger partial charge in [-0.05, 0) is 23.6 Å². The lowest BCUT2D eigenvalue weighted by Gasteiger charge is -2.07. The van der Waals surface area contributed by atoms with Gasteiger partial charge >= 0.3 is 0 Å². The molecule has 0 aliphatic rings. The summed E-state index contributed by atoms with van der Waals surface area (Å²) in [5.74, 6) is -0.959. The van der Waals surface area contributed by atoms with Crippen LogP contribution in [0.2, 0.25) is 0 Å². The summed E-state index contributed by atoms with van der Waals surface area (Å²) >= 11 is 2.97. The van der Waals surface area contributed by atoms with E-state index in [1.165, 1.54) is 11.3 Å². The van der Waals surface area contributed by atoms with E-state index in [1.807, 2.05) is 16.8 Å². The van der Waals surface area contributed by atoms with Crippen LogP contribution in [0.1, 0.15) is 20.8 Å². The van der Waals surface area contributed by atoms with E-state index in [1.54, 1.807) is 41.0 Å². The summed E-state index contributed by atoms with van der Waals surface area (Å²) in [6.07, 6.45) is 0. The van der Waals surface area contributed by atoms with Crippen molar-refractivity contribution in [3.05, 3.63) is 57.7 Å². The second-order valence-corrected chi connectivity index (χ2v) is 6.05. The second-order valence-electron chi connectivity index (χ2n) is 4.41. The molecule has 3 aromatic rings. The van der Waals surface area contributed by atoms with Gasteiger partial charge < -0.3 is 11.1 Å². The lowest BCUT2D eigenvalue weighted by Crippen LogP contribution is -2.18. The Hall–Kier alpha value is -2.51. The summed E-state index contributed by atoms with van der Waals surface area (Å²) in [4.78, 5) is 27.9. The van der Waals surface area contributed by atoms with Crippen molar-refractivity contribution < 1.29 is 9.59 Å². The number of thiazole rings is 1. The molecule has 0 saturated heterocycles. The zero-order valence-corrected chi connectivity index (χ0v) is 12.9. The monoisotopic (exact) mass is 329 g/mol. The number of nitrogens with two attached hydrogens (primary N) is 1. The van der Waals surface area contributed by atoms with Gasteiger partial charge in [0.25, 0.3) is 11.8 Å². The molecular weight excluding hydrogens is 318 g/mol. The fourth-order valence-corrected chi connectivity index (χ4v) is 3.40. The van der Waals surface area contributed by atoms with Gasteiger partial charge in [-0.15, -0.1) is 11.3 Å². The molecule has 0 spiro atoms. The molecule has 22 heavy (non-hydrogen) atoms. The number of benzene rings is 1. The molecule has 2 aromatic heterocycles. The van der Waals surface area contributed by atoms with Gasteiger partial charge in [-0.2, -0.15) is 11.3 Å². The maximum absolute atomic E-state index is 12.3. The standard InChI is InChI=1S/C15H11N3O2S2/c16-13(19)10-3-1-2-4-11(10)17-14(20)12-8-22-15(18-12)9-5-6-21-7-9/h1-8H,(H2,16,19)(H,17,20). The van der Waals surface area contributed by atoms with Crippen LogP contribution in [0, 0.1) is 0 Å². The number of rotatable bonds is 4.